The molecule has 3 rings (SSSR count). The SMILES string of the molecule is CC[CH]CC(=O)c1ccc(CCc2cnc3nc(C)[nH]c(=O)c3n2)cc1. The van der Waals surface area contributed by atoms with Gasteiger partial charge in [0.05, 0.1) is 11.9 Å². The number of benzene rings is 1. The molecule has 1 radical (unpaired) electrons. The van der Waals surface area contributed by atoms with Crippen molar-refractivity contribution >= 4 is 16.9 Å². The van der Waals surface area contributed by atoms with Crippen LogP contribution >= 0.6 is 0 Å². The van der Waals surface area contributed by atoms with Gasteiger partial charge in [0.1, 0.15) is 5.82 Å². The molecule has 0 saturated heterocycles. The molecular formula is C20H21N4O2. The molecule has 0 amide bonds. The van der Waals surface area contributed by atoms with Gasteiger partial charge in [-0.25, -0.2) is 15.0 Å². The molecule has 0 aliphatic heterocycles. The highest BCUT2D eigenvalue weighted by molar-refractivity contribution is 5.96. The van der Waals surface area contributed by atoms with E-state index >= 15 is 0 Å². The van der Waals surface area contributed by atoms with E-state index in [0.717, 1.165) is 29.7 Å². The summed E-state index contributed by atoms with van der Waals surface area (Å²) in [4.78, 5) is 39.4. The third kappa shape index (κ3) is 4.20. The second kappa shape index (κ2) is 7.99. The zero-order valence-corrected chi connectivity index (χ0v) is 15.0. The maximum atomic E-state index is 12.0. The van der Waals surface area contributed by atoms with Gasteiger partial charge in [0, 0.05) is 12.0 Å². The van der Waals surface area contributed by atoms with Gasteiger partial charge in [0.25, 0.3) is 5.56 Å². The fourth-order valence-corrected chi connectivity index (χ4v) is 2.71. The topological polar surface area (TPSA) is 88.6 Å². The summed E-state index contributed by atoms with van der Waals surface area (Å²) in [5.74, 6) is 0.663. The molecule has 2 aromatic heterocycles. The first-order valence-corrected chi connectivity index (χ1v) is 8.73. The van der Waals surface area contributed by atoms with Crippen molar-refractivity contribution in [2.24, 2.45) is 0 Å². The summed E-state index contributed by atoms with van der Waals surface area (Å²) in [6, 6.07) is 7.66. The first-order valence-electron chi connectivity index (χ1n) is 8.73. The molecule has 2 heterocycles. The zero-order chi connectivity index (χ0) is 18.5. The number of nitrogens with one attached hydrogen (secondary N) is 1. The maximum Gasteiger partial charge on any atom is 0.279 e. The number of rotatable bonds is 7. The molecule has 0 fully saturated rings. The normalized spacial score (nSPS) is 11.0. The number of hydrogen-bond acceptors (Lipinski definition) is 5. The number of unbranched alkanes of at least 4 members (excludes halogenated alkanes) is 1. The van der Waals surface area contributed by atoms with Gasteiger partial charge in [0.2, 0.25) is 0 Å². The van der Waals surface area contributed by atoms with Crippen LogP contribution in [0.1, 0.15) is 47.2 Å². The number of carbonyl (C=O) groups is 1. The number of ketones is 1. The number of H-pyrrole nitrogens is 1. The van der Waals surface area contributed by atoms with Crippen molar-refractivity contribution in [2.45, 2.75) is 39.5 Å². The van der Waals surface area contributed by atoms with Crippen molar-refractivity contribution in [1.82, 2.24) is 19.9 Å². The van der Waals surface area contributed by atoms with Crippen LogP contribution in [0.5, 0.6) is 0 Å². The lowest BCUT2D eigenvalue weighted by Gasteiger charge is -2.05. The van der Waals surface area contributed by atoms with Crippen molar-refractivity contribution in [3.8, 4) is 0 Å². The number of hydrogen-bond donors (Lipinski definition) is 1. The molecule has 26 heavy (non-hydrogen) atoms. The van der Waals surface area contributed by atoms with Crippen LogP contribution in [0.3, 0.4) is 0 Å². The maximum absolute atomic E-state index is 12.0. The first-order chi connectivity index (χ1) is 12.6. The molecule has 0 atom stereocenters. The molecule has 6 nitrogen and oxygen atoms in total. The number of carbonyl (C=O) groups excluding carboxylic acids is 1. The van der Waals surface area contributed by atoms with Crippen LogP contribution in [0.2, 0.25) is 0 Å². The van der Waals surface area contributed by atoms with Gasteiger partial charge in [-0.2, -0.15) is 0 Å². The van der Waals surface area contributed by atoms with Gasteiger partial charge in [-0.05, 0) is 31.7 Å². The van der Waals surface area contributed by atoms with Crippen molar-refractivity contribution in [1.29, 1.82) is 0 Å². The number of aryl methyl sites for hydroxylation is 3. The quantitative estimate of drug-likeness (QED) is 0.662. The highest BCUT2D eigenvalue weighted by Gasteiger charge is 2.08. The van der Waals surface area contributed by atoms with Gasteiger partial charge in [0.15, 0.2) is 16.9 Å². The van der Waals surface area contributed by atoms with E-state index < -0.39 is 0 Å². The smallest absolute Gasteiger partial charge is 0.279 e. The summed E-state index contributed by atoms with van der Waals surface area (Å²) in [6.07, 6.45) is 6.43. The predicted octanol–water partition coefficient (Wildman–Crippen LogP) is 2.99. The number of aromatic nitrogens is 4. The summed E-state index contributed by atoms with van der Waals surface area (Å²) < 4.78 is 0. The van der Waals surface area contributed by atoms with Crippen molar-refractivity contribution < 1.29 is 4.79 Å². The Labute approximate surface area is 151 Å². The molecule has 0 unspecified atom stereocenters. The van der Waals surface area contributed by atoms with Crippen LogP contribution < -0.4 is 5.56 Å². The van der Waals surface area contributed by atoms with Gasteiger partial charge < -0.3 is 4.98 Å². The van der Waals surface area contributed by atoms with E-state index in [2.05, 4.69) is 19.9 Å². The summed E-state index contributed by atoms with van der Waals surface area (Å²) in [7, 11) is 0. The summed E-state index contributed by atoms with van der Waals surface area (Å²) in [5, 5.41) is 0. The molecule has 0 aliphatic carbocycles. The molecular weight excluding hydrogens is 328 g/mol. The molecule has 133 valence electrons. The Bertz CT molecular complexity index is 977. The van der Waals surface area contributed by atoms with Crippen molar-refractivity contribution in [3.05, 3.63) is 69.9 Å². The van der Waals surface area contributed by atoms with E-state index in [-0.39, 0.29) is 16.9 Å². The lowest BCUT2D eigenvalue weighted by molar-refractivity contribution is 0.0991. The Balaban J connectivity index is 1.68. The Morgan fingerprint density at radius 3 is 2.65 bits per heavy atom. The molecule has 1 N–H and O–H groups in total. The Kier molecular flexibility index (Phi) is 5.51. The van der Waals surface area contributed by atoms with Crippen molar-refractivity contribution in [3.63, 3.8) is 0 Å². The van der Waals surface area contributed by atoms with E-state index in [1.54, 1.807) is 13.1 Å². The third-order valence-corrected chi connectivity index (χ3v) is 4.15. The van der Waals surface area contributed by atoms with Crippen molar-refractivity contribution in [2.75, 3.05) is 0 Å². The first kappa shape index (κ1) is 17.9. The Morgan fingerprint density at radius 2 is 1.92 bits per heavy atom. The molecule has 3 aromatic rings. The highest BCUT2D eigenvalue weighted by atomic mass is 16.1. The Morgan fingerprint density at radius 1 is 1.15 bits per heavy atom. The number of aromatic amines is 1. The molecule has 0 saturated carbocycles. The van der Waals surface area contributed by atoms with E-state index in [1.807, 2.05) is 37.6 Å². The van der Waals surface area contributed by atoms with Crippen LogP contribution in [0.25, 0.3) is 11.2 Å². The fourth-order valence-electron chi connectivity index (χ4n) is 2.71. The minimum absolute atomic E-state index is 0.140. The predicted molar refractivity (Wildman–Crippen MR) is 100 cm³/mol. The zero-order valence-electron chi connectivity index (χ0n) is 15.0. The average molecular weight is 349 g/mol. The van der Waals surface area contributed by atoms with Crippen LogP contribution in [0, 0.1) is 13.3 Å². The van der Waals surface area contributed by atoms with Crippen LogP contribution in [0.4, 0.5) is 0 Å². The molecule has 1 aromatic carbocycles. The highest BCUT2D eigenvalue weighted by Crippen LogP contribution is 2.11. The number of fused-ring (bicyclic) bond motifs is 1. The van der Waals surface area contributed by atoms with Gasteiger partial charge >= 0.3 is 0 Å². The molecule has 0 aliphatic rings. The fraction of sp³-hybridized carbons (Fsp3) is 0.300. The lowest BCUT2D eigenvalue weighted by atomic mass is 10.0. The minimum Gasteiger partial charge on any atom is -0.309 e. The Hall–Kier alpha value is -2.89. The third-order valence-electron chi connectivity index (χ3n) is 4.15. The average Bonchev–Trinajstić information content (AvgIpc) is 2.65. The van der Waals surface area contributed by atoms with Crippen LogP contribution in [-0.4, -0.2) is 25.7 Å². The molecule has 0 spiro atoms. The summed E-state index contributed by atoms with van der Waals surface area (Å²) in [5.41, 5.74) is 2.94. The van der Waals surface area contributed by atoms with Gasteiger partial charge in [-0.1, -0.05) is 37.6 Å². The lowest BCUT2D eigenvalue weighted by Crippen LogP contribution is -2.13. The van der Waals surface area contributed by atoms with Crippen LogP contribution in [0.15, 0.2) is 35.3 Å². The number of Topliss-reactive ketones (excluding diaryl/α,β-unsaturated/α-hetero) is 1. The second-order valence-electron chi connectivity index (χ2n) is 6.21. The van der Waals surface area contributed by atoms with E-state index in [0.29, 0.717) is 24.3 Å². The second-order valence-corrected chi connectivity index (χ2v) is 6.21. The minimum atomic E-state index is -0.270. The van der Waals surface area contributed by atoms with Crippen LogP contribution in [-0.2, 0) is 12.8 Å². The van der Waals surface area contributed by atoms with Gasteiger partial charge in [-0.15, -0.1) is 0 Å². The van der Waals surface area contributed by atoms with E-state index in [1.165, 1.54) is 0 Å². The van der Waals surface area contributed by atoms with Gasteiger partial charge in [-0.3, -0.25) is 9.59 Å². The number of nitrogens with zero attached hydrogens (tertiary/aromatic N) is 3. The monoisotopic (exact) mass is 349 g/mol. The molecule has 6 heteroatoms. The molecule has 0 bridgehead atoms. The summed E-state index contributed by atoms with van der Waals surface area (Å²) in [6.45, 7) is 3.74. The summed E-state index contributed by atoms with van der Waals surface area (Å²) >= 11 is 0. The van der Waals surface area contributed by atoms with E-state index in [9.17, 15) is 9.59 Å². The largest absolute Gasteiger partial charge is 0.309 e. The standard InChI is InChI=1S/C20H21N4O2/c1-3-4-5-17(25)15-9-6-14(7-10-15)8-11-16-12-21-19-18(24-16)20(26)23-13(2)22-19/h4,6-7,9-10,12H,3,5,8,11H2,1-2H3,(H,21,22,23,26). The van der Waals surface area contributed by atoms with E-state index in [4.69, 9.17) is 0 Å².